The zero-order valence-electron chi connectivity index (χ0n) is 13.0. The number of hydrogen-bond acceptors (Lipinski definition) is 4. The molecule has 0 unspecified atom stereocenters. The Balaban J connectivity index is 2.59. The molecule has 0 atom stereocenters. The molecule has 7 heteroatoms. The molecule has 0 aliphatic rings. The van der Waals surface area contributed by atoms with E-state index in [1.807, 2.05) is 29.6 Å². The van der Waals surface area contributed by atoms with Gasteiger partial charge in [-0.2, -0.15) is 0 Å². The van der Waals surface area contributed by atoms with Crippen LogP contribution < -0.4 is 5.43 Å². The highest BCUT2D eigenvalue weighted by molar-refractivity contribution is 7.89. The van der Waals surface area contributed by atoms with Crippen LogP contribution in [0.5, 0.6) is 0 Å². The molecule has 0 N–H and O–H groups in total. The molecule has 0 saturated heterocycles. The summed E-state index contributed by atoms with van der Waals surface area (Å²) >= 11 is 1.41. The highest BCUT2D eigenvalue weighted by Gasteiger charge is 2.29. The second-order valence-electron chi connectivity index (χ2n) is 5.35. The zero-order chi connectivity index (χ0) is 16.8. The van der Waals surface area contributed by atoms with Gasteiger partial charge in [-0.25, -0.2) is 12.7 Å². The largest absolute Gasteiger partial charge is 0.342 e. The van der Waals surface area contributed by atoms with Gasteiger partial charge in [-0.15, -0.1) is 11.3 Å². The van der Waals surface area contributed by atoms with Crippen molar-refractivity contribution in [3.05, 3.63) is 52.0 Å². The van der Waals surface area contributed by atoms with Gasteiger partial charge in [0.1, 0.15) is 0 Å². The van der Waals surface area contributed by atoms with Crippen LogP contribution in [-0.2, 0) is 17.1 Å². The van der Waals surface area contributed by atoms with Crippen molar-refractivity contribution in [2.24, 2.45) is 7.05 Å². The van der Waals surface area contributed by atoms with Crippen LogP contribution >= 0.6 is 11.3 Å². The van der Waals surface area contributed by atoms with E-state index in [9.17, 15) is 13.2 Å². The number of rotatable bonds is 3. The molecule has 5 nitrogen and oxygen atoms in total. The molecule has 0 bridgehead atoms. The van der Waals surface area contributed by atoms with Gasteiger partial charge in [0.25, 0.3) is 0 Å². The van der Waals surface area contributed by atoms with Crippen LogP contribution in [0.2, 0.25) is 0 Å². The third kappa shape index (κ3) is 2.41. The van der Waals surface area contributed by atoms with E-state index in [0.717, 1.165) is 9.18 Å². The summed E-state index contributed by atoms with van der Waals surface area (Å²) in [5.41, 5.74) is 0.673. The number of sulfonamides is 1. The molecule has 2 aromatic heterocycles. The van der Waals surface area contributed by atoms with Gasteiger partial charge in [0.05, 0.1) is 16.1 Å². The molecule has 3 aromatic rings. The Morgan fingerprint density at radius 2 is 1.78 bits per heavy atom. The summed E-state index contributed by atoms with van der Waals surface area (Å²) in [5, 5.41) is 2.26. The van der Waals surface area contributed by atoms with E-state index in [4.69, 9.17) is 0 Å². The lowest BCUT2D eigenvalue weighted by Crippen LogP contribution is -2.30. The molecule has 23 heavy (non-hydrogen) atoms. The fourth-order valence-electron chi connectivity index (χ4n) is 2.57. The predicted molar refractivity (Wildman–Crippen MR) is 93.4 cm³/mol. The van der Waals surface area contributed by atoms with Crippen molar-refractivity contribution >= 4 is 32.3 Å². The summed E-state index contributed by atoms with van der Waals surface area (Å²) in [7, 11) is 0.777. The Hall–Kier alpha value is -1.96. The van der Waals surface area contributed by atoms with Crippen molar-refractivity contribution in [1.29, 1.82) is 0 Å². The average molecular weight is 348 g/mol. The lowest BCUT2D eigenvalue weighted by Gasteiger charge is -2.19. The fraction of sp³-hybridized carbons (Fsp3) is 0.188. The molecule has 0 amide bonds. The maximum atomic E-state index is 12.9. The molecule has 0 aliphatic carbocycles. The Morgan fingerprint density at radius 1 is 1.09 bits per heavy atom. The molecule has 1 aromatic carbocycles. The number of para-hydroxylation sites is 1. The summed E-state index contributed by atoms with van der Waals surface area (Å²) in [6.07, 6.45) is 0. The lowest BCUT2D eigenvalue weighted by molar-refractivity contribution is 0.519. The topological polar surface area (TPSA) is 59.4 Å². The average Bonchev–Trinajstić information content (AvgIpc) is 3.04. The monoisotopic (exact) mass is 348 g/mol. The first-order valence-electron chi connectivity index (χ1n) is 6.94. The molecule has 0 saturated carbocycles. The van der Waals surface area contributed by atoms with Gasteiger partial charge >= 0.3 is 0 Å². The number of benzene rings is 1. The molecule has 0 fully saturated rings. The first kappa shape index (κ1) is 15.9. The third-order valence-electron chi connectivity index (χ3n) is 3.76. The molecular formula is C16H16N2O3S2. The quantitative estimate of drug-likeness (QED) is 0.731. The van der Waals surface area contributed by atoms with E-state index in [1.165, 1.54) is 25.4 Å². The molecular weight excluding hydrogens is 332 g/mol. The summed E-state index contributed by atoms with van der Waals surface area (Å²) in [6.45, 7) is 0. The number of pyridine rings is 1. The molecule has 0 spiro atoms. The first-order chi connectivity index (χ1) is 10.9. The predicted octanol–water partition coefficient (Wildman–Crippen LogP) is 2.52. The van der Waals surface area contributed by atoms with Crippen molar-refractivity contribution in [3.8, 4) is 10.6 Å². The highest BCUT2D eigenvalue weighted by atomic mass is 32.2. The summed E-state index contributed by atoms with van der Waals surface area (Å²) in [5.74, 6) is 0. The third-order valence-corrected chi connectivity index (χ3v) is 6.49. The maximum absolute atomic E-state index is 12.9. The van der Waals surface area contributed by atoms with E-state index in [1.54, 1.807) is 23.7 Å². The molecule has 3 rings (SSSR count). The number of aromatic nitrogens is 1. The molecule has 2 heterocycles. The number of fused-ring (bicyclic) bond motifs is 1. The number of hydrogen-bond donors (Lipinski definition) is 0. The van der Waals surface area contributed by atoms with Gasteiger partial charge in [0, 0.05) is 26.5 Å². The standard InChI is InChI=1S/C16H16N2O3S2/c1-17(2)23(20,21)16-14(13-9-6-10-22-13)18(3)12-8-5-4-7-11(12)15(16)19/h4-10H,1-3H3. The Morgan fingerprint density at radius 3 is 2.39 bits per heavy atom. The van der Waals surface area contributed by atoms with Crippen molar-refractivity contribution in [1.82, 2.24) is 8.87 Å². The van der Waals surface area contributed by atoms with Crippen LogP contribution in [-0.4, -0.2) is 31.4 Å². The first-order valence-corrected chi connectivity index (χ1v) is 9.26. The number of nitrogens with zero attached hydrogens (tertiary/aromatic N) is 2. The van der Waals surface area contributed by atoms with Gasteiger partial charge in [0.15, 0.2) is 4.90 Å². The van der Waals surface area contributed by atoms with Crippen LogP contribution in [0.3, 0.4) is 0 Å². The summed E-state index contributed by atoms with van der Waals surface area (Å²) in [6, 6.07) is 10.7. The van der Waals surface area contributed by atoms with Crippen molar-refractivity contribution in [2.45, 2.75) is 4.90 Å². The van der Waals surface area contributed by atoms with Crippen molar-refractivity contribution < 1.29 is 8.42 Å². The van der Waals surface area contributed by atoms with Gasteiger partial charge < -0.3 is 4.57 Å². The summed E-state index contributed by atoms with van der Waals surface area (Å²) < 4.78 is 28.4. The van der Waals surface area contributed by atoms with E-state index in [2.05, 4.69) is 0 Å². The van der Waals surface area contributed by atoms with Crippen LogP contribution in [0.15, 0.2) is 51.5 Å². The van der Waals surface area contributed by atoms with Crippen LogP contribution in [0.1, 0.15) is 0 Å². The van der Waals surface area contributed by atoms with Crippen LogP contribution in [0, 0.1) is 0 Å². The minimum atomic E-state index is -3.87. The van der Waals surface area contributed by atoms with Crippen molar-refractivity contribution in [3.63, 3.8) is 0 Å². The minimum Gasteiger partial charge on any atom is -0.342 e. The van der Waals surface area contributed by atoms with Gasteiger partial charge in [-0.1, -0.05) is 18.2 Å². The van der Waals surface area contributed by atoms with E-state index in [-0.39, 0.29) is 4.90 Å². The number of thiophene rings is 1. The van der Waals surface area contributed by atoms with Gasteiger partial charge in [-0.05, 0) is 23.6 Å². The SMILES string of the molecule is CN(C)S(=O)(=O)c1c(-c2cccs2)n(C)c2ccccc2c1=O. The Kier molecular flexibility index (Phi) is 3.87. The van der Waals surface area contributed by atoms with Crippen LogP contribution in [0.25, 0.3) is 21.5 Å². The lowest BCUT2D eigenvalue weighted by atomic mass is 10.1. The van der Waals surface area contributed by atoms with Gasteiger partial charge in [0.2, 0.25) is 15.5 Å². The highest BCUT2D eigenvalue weighted by Crippen LogP contribution is 2.32. The summed E-state index contributed by atoms with van der Waals surface area (Å²) in [4.78, 5) is 13.5. The van der Waals surface area contributed by atoms with E-state index < -0.39 is 15.5 Å². The minimum absolute atomic E-state index is 0.175. The smallest absolute Gasteiger partial charge is 0.248 e. The molecule has 120 valence electrons. The Bertz CT molecular complexity index is 1030. The zero-order valence-corrected chi connectivity index (χ0v) is 14.6. The second kappa shape index (κ2) is 5.59. The molecule has 0 radical (unpaired) electrons. The van der Waals surface area contributed by atoms with E-state index in [0.29, 0.717) is 16.6 Å². The van der Waals surface area contributed by atoms with Crippen molar-refractivity contribution in [2.75, 3.05) is 14.1 Å². The number of aryl methyl sites for hydroxylation is 1. The van der Waals surface area contributed by atoms with Gasteiger partial charge in [-0.3, -0.25) is 4.79 Å². The fourth-order valence-corrected chi connectivity index (χ4v) is 4.65. The Labute approximate surface area is 138 Å². The normalized spacial score (nSPS) is 12.2. The molecule has 0 aliphatic heterocycles. The van der Waals surface area contributed by atoms with Crippen LogP contribution in [0.4, 0.5) is 0 Å². The maximum Gasteiger partial charge on any atom is 0.248 e. The second-order valence-corrected chi connectivity index (χ2v) is 8.38. The van der Waals surface area contributed by atoms with E-state index >= 15 is 0 Å².